The first-order valence-electron chi connectivity index (χ1n) is 8.35. The predicted octanol–water partition coefficient (Wildman–Crippen LogP) is 2.77. The van der Waals surface area contributed by atoms with Crippen molar-refractivity contribution in [3.8, 4) is 0 Å². The molecule has 1 saturated heterocycles. The molecule has 0 bridgehead atoms. The maximum absolute atomic E-state index is 12.2. The minimum absolute atomic E-state index is 0.201. The summed E-state index contributed by atoms with van der Waals surface area (Å²) in [6.07, 6.45) is 0. The van der Waals surface area contributed by atoms with E-state index in [1.54, 1.807) is 0 Å². The number of morpholine rings is 1. The van der Waals surface area contributed by atoms with E-state index in [0.717, 1.165) is 36.5 Å². The van der Waals surface area contributed by atoms with E-state index in [4.69, 9.17) is 4.74 Å². The zero-order valence-electron chi connectivity index (χ0n) is 14.1. The van der Waals surface area contributed by atoms with Gasteiger partial charge in [-0.1, -0.05) is 37.3 Å². The first-order valence-corrected chi connectivity index (χ1v) is 9.17. The third-order valence-corrected chi connectivity index (χ3v) is 5.22. The van der Waals surface area contributed by atoms with E-state index in [2.05, 4.69) is 34.4 Å². The lowest BCUT2D eigenvalue weighted by Crippen LogP contribution is -2.51. The number of hydrogen-bond acceptors (Lipinski definition) is 5. The van der Waals surface area contributed by atoms with Gasteiger partial charge in [0.15, 0.2) is 5.13 Å². The van der Waals surface area contributed by atoms with Gasteiger partial charge in [0.1, 0.15) is 0 Å². The van der Waals surface area contributed by atoms with Crippen molar-refractivity contribution < 1.29 is 9.53 Å². The van der Waals surface area contributed by atoms with Crippen molar-refractivity contribution in [1.82, 2.24) is 15.2 Å². The minimum atomic E-state index is -0.201. The van der Waals surface area contributed by atoms with Gasteiger partial charge in [-0.25, -0.2) is 9.78 Å². The molecule has 1 aromatic carbocycles. The number of fused-ring (bicyclic) bond motifs is 1. The van der Waals surface area contributed by atoms with Crippen LogP contribution >= 0.6 is 11.3 Å². The largest absolute Gasteiger partial charge is 0.379 e. The quantitative estimate of drug-likeness (QED) is 0.872. The van der Waals surface area contributed by atoms with Gasteiger partial charge in [-0.2, -0.15) is 0 Å². The molecule has 0 aliphatic carbocycles. The van der Waals surface area contributed by atoms with Crippen LogP contribution in [0.3, 0.4) is 0 Å². The van der Waals surface area contributed by atoms with Crippen LogP contribution in [0.15, 0.2) is 24.3 Å². The molecule has 7 heteroatoms. The maximum Gasteiger partial charge on any atom is 0.321 e. The van der Waals surface area contributed by atoms with Crippen LogP contribution in [0, 0.1) is 5.92 Å². The number of rotatable bonds is 5. The molecule has 2 amide bonds. The molecule has 130 valence electrons. The highest BCUT2D eigenvalue weighted by molar-refractivity contribution is 7.22. The van der Waals surface area contributed by atoms with Crippen LogP contribution in [-0.2, 0) is 4.74 Å². The Balaban J connectivity index is 1.55. The number of nitrogens with zero attached hydrogens (tertiary/aromatic N) is 2. The van der Waals surface area contributed by atoms with E-state index in [9.17, 15) is 4.79 Å². The molecular weight excluding hydrogens is 324 g/mol. The number of ether oxygens (including phenoxy) is 1. The molecule has 0 saturated carbocycles. The Morgan fingerprint density at radius 1 is 1.33 bits per heavy atom. The molecule has 1 aromatic heterocycles. The molecule has 1 unspecified atom stereocenters. The highest BCUT2D eigenvalue weighted by Crippen LogP contribution is 2.25. The second-order valence-electron chi connectivity index (χ2n) is 6.28. The zero-order chi connectivity index (χ0) is 16.9. The molecule has 0 radical (unpaired) electrons. The third-order valence-electron chi connectivity index (χ3n) is 4.27. The van der Waals surface area contributed by atoms with Gasteiger partial charge in [0.05, 0.1) is 23.4 Å². The van der Waals surface area contributed by atoms with Gasteiger partial charge >= 0.3 is 6.03 Å². The van der Waals surface area contributed by atoms with Crippen molar-refractivity contribution in [2.24, 2.45) is 5.92 Å². The number of carbonyl (C=O) groups excluding carboxylic acids is 1. The van der Waals surface area contributed by atoms with Crippen molar-refractivity contribution in [2.75, 3.05) is 38.2 Å². The zero-order valence-corrected chi connectivity index (χ0v) is 14.9. The van der Waals surface area contributed by atoms with Crippen molar-refractivity contribution in [2.45, 2.75) is 19.9 Å². The molecular formula is C17H24N4O2S. The van der Waals surface area contributed by atoms with Crippen LogP contribution in [0.25, 0.3) is 10.2 Å². The van der Waals surface area contributed by atoms with Gasteiger partial charge in [-0.15, -0.1) is 0 Å². The minimum Gasteiger partial charge on any atom is -0.379 e. The Hall–Kier alpha value is -1.70. The number of amides is 2. The van der Waals surface area contributed by atoms with Crippen LogP contribution in [0.2, 0.25) is 0 Å². The smallest absolute Gasteiger partial charge is 0.321 e. The van der Waals surface area contributed by atoms with E-state index >= 15 is 0 Å². The summed E-state index contributed by atoms with van der Waals surface area (Å²) in [5.41, 5.74) is 0.908. The summed E-state index contributed by atoms with van der Waals surface area (Å²) in [7, 11) is 0. The van der Waals surface area contributed by atoms with Crippen LogP contribution in [0.4, 0.5) is 9.93 Å². The molecule has 0 spiro atoms. The summed E-state index contributed by atoms with van der Waals surface area (Å²) in [4.78, 5) is 19.0. The Morgan fingerprint density at radius 2 is 2.08 bits per heavy atom. The van der Waals surface area contributed by atoms with Gasteiger partial charge in [0.2, 0.25) is 0 Å². The average molecular weight is 348 g/mol. The summed E-state index contributed by atoms with van der Waals surface area (Å²) < 4.78 is 6.49. The predicted molar refractivity (Wildman–Crippen MR) is 97.7 cm³/mol. The van der Waals surface area contributed by atoms with Crippen molar-refractivity contribution >= 4 is 32.7 Å². The number of benzene rings is 1. The van der Waals surface area contributed by atoms with Crippen LogP contribution in [0.5, 0.6) is 0 Å². The second kappa shape index (κ2) is 7.92. The lowest BCUT2D eigenvalue weighted by atomic mass is 10.0. The Labute approximate surface area is 146 Å². The highest BCUT2D eigenvalue weighted by Gasteiger charge is 2.24. The fraction of sp³-hybridized carbons (Fsp3) is 0.529. The number of nitrogens with one attached hydrogen (secondary N) is 2. The van der Waals surface area contributed by atoms with Crippen LogP contribution < -0.4 is 10.6 Å². The molecule has 1 fully saturated rings. The summed E-state index contributed by atoms with van der Waals surface area (Å²) in [5, 5.41) is 6.46. The molecule has 1 aliphatic heterocycles. The Morgan fingerprint density at radius 3 is 2.79 bits per heavy atom. The Bertz CT molecular complexity index is 649. The van der Waals surface area contributed by atoms with E-state index < -0.39 is 0 Å². The SMILES string of the molecule is CC(C)C(CNC(=O)Nc1nc2ccccc2s1)N1CCOCC1. The summed E-state index contributed by atoms with van der Waals surface area (Å²) in [5.74, 6) is 0.464. The molecule has 6 nitrogen and oxygen atoms in total. The van der Waals surface area contributed by atoms with Crippen molar-refractivity contribution in [3.63, 3.8) is 0 Å². The summed E-state index contributed by atoms with van der Waals surface area (Å²) in [6.45, 7) is 8.37. The van der Waals surface area contributed by atoms with Crippen molar-refractivity contribution in [1.29, 1.82) is 0 Å². The van der Waals surface area contributed by atoms with E-state index in [0.29, 0.717) is 23.6 Å². The Kier molecular flexibility index (Phi) is 5.65. The van der Waals surface area contributed by atoms with E-state index in [1.165, 1.54) is 11.3 Å². The first kappa shape index (κ1) is 17.1. The maximum atomic E-state index is 12.2. The van der Waals surface area contributed by atoms with E-state index in [1.807, 2.05) is 24.3 Å². The van der Waals surface area contributed by atoms with Crippen LogP contribution in [0.1, 0.15) is 13.8 Å². The van der Waals surface area contributed by atoms with Crippen LogP contribution in [-0.4, -0.2) is 54.8 Å². The number of anilines is 1. The lowest BCUT2D eigenvalue weighted by Gasteiger charge is -2.36. The van der Waals surface area contributed by atoms with Gasteiger partial charge in [0, 0.05) is 25.7 Å². The molecule has 1 aliphatic rings. The number of urea groups is 1. The molecule has 1 atom stereocenters. The van der Waals surface area contributed by atoms with Gasteiger partial charge in [0.25, 0.3) is 0 Å². The van der Waals surface area contributed by atoms with E-state index in [-0.39, 0.29) is 6.03 Å². The number of carbonyl (C=O) groups is 1. The topological polar surface area (TPSA) is 66.5 Å². The number of thiazole rings is 1. The molecule has 2 heterocycles. The summed E-state index contributed by atoms with van der Waals surface area (Å²) >= 11 is 1.48. The third kappa shape index (κ3) is 4.23. The lowest BCUT2D eigenvalue weighted by molar-refractivity contribution is 0.00728. The monoisotopic (exact) mass is 348 g/mol. The van der Waals surface area contributed by atoms with Gasteiger partial charge < -0.3 is 10.1 Å². The number of para-hydroxylation sites is 1. The normalized spacial score (nSPS) is 17.1. The highest BCUT2D eigenvalue weighted by atomic mass is 32.1. The molecule has 3 rings (SSSR count). The van der Waals surface area contributed by atoms with Crippen molar-refractivity contribution in [3.05, 3.63) is 24.3 Å². The second-order valence-corrected chi connectivity index (χ2v) is 7.31. The standard InChI is InChI=1S/C17H24N4O2S/c1-12(2)14(21-7-9-23-10-8-21)11-18-16(22)20-17-19-13-5-3-4-6-15(13)24-17/h3-6,12,14H,7-11H2,1-2H3,(H2,18,19,20,22). The molecule has 2 aromatic rings. The molecule has 2 N–H and O–H groups in total. The fourth-order valence-electron chi connectivity index (χ4n) is 2.96. The number of hydrogen-bond donors (Lipinski definition) is 2. The average Bonchev–Trinajstić information content (AvgIpc) is 2.97. The van der Waals surface area contributed by atoms with Gasteiger partial charge in [-0.05, 0) is 18.1 Å². The summed E-state index contributed by atoms with van der Waals surface area (Å²) in [6, 6.07) is 7.98. The van der Waals surface area contributed by atoms with Gasteiger partial charge in [-0.3, -0.25) is 10.2 Å². The first-order chi connectivity index (χ1) is 11.6. The molecule has 24 heavy (non-hydrogen) atoms. The fourth-order valence-corrected chi connectivity index (χ4v) is 3.82. The number of aromatic nitrogens is 1.